The smallest absolute Gasteiger partial charge is 0.195 e. The quantitative estimate of drug-likeness (QED) is 0.420. The molecule has 0 saturated heterocycles. The van der Waals surface area contributed by atoms with Crippen molar-refractivity contribution in [2.75, 3.05) is 0 Å². The molecule has 0 unspecified atom stereocenters. The molecule has 0 radical (unpaired) electrons. The minimum Gasteiger partial charge on any atom is -0.288 e. The van der Waals surface area contributed by atoms with Crippen molar-refractivity contribution in [1.82, 2.24) is 0 Å². The van der Waals surface area contributed by atoms with Gasteiger partial charge in [0, 0.05) is 19.5 Å². The summed E-state index contributed by atoms with van der Waals surface area (Å²) in [5.74, 6) is 0.0733. The van der Waals surface area contributed by atoms with Crippen LogP contribution in [0.25, 0.3) is 15.8 Å². The highest BCUT2D eigenvalue weighted by Gasteiger charge is 2.08. The van der Waals surface area contributed by atoms with Gasteiger partial charge >= 0.3 is 0 Å². The number of allylic oxidation sites excluding steroid dienone is 1. The fourth-order valence-electron chi connectivity index (χ4n) is 2.02. The van der Waals surface area contributed by atoms with Gasteiger partial charge < -0.3 is 0 Å². The highest BCUT2D eigenvalue weighted by Crippen LogP contribution is 2.35. The predicted molar refractivity (Wildman–Crippen MR) is 94.8 cm³/mol. The topological polar surface area (TPSA) is 17.1 Å². The first-order chi connectivity index (χ1) is 10.1. The van der Waals surface area contributed by atoms with Gasteiger partial charge in [-0.2, -0.15) is 0 Å². The van der Waals surface area contributed by atoms with Gasteiger partial charge in [-0.25, -0.2) is 0 Å². The molecule has 0 spiro atoms. The molecular weight excluding hydrogens is 316 g/mol. The molecule has 0 aliphatic heterocycles. The van der Waals surface area contributed by atoms with Crippen LogP contribution in [0.1, 0.15) is 25.0 Å². The van der Waals surface area contributed by atoms with Crippen molar-refractivity contribution in [3.8, 4) is 9.75 Å². The van der Waals surface area contributed by atoms with Gasteiger partial charge in [0.1, 0.15) is 0 Å². The van der Waals surface area contributed by atoms with Gasteiger partial charge in [0.15, 0.2) is 5.78 Å². The lowest BCUT2D eigenvalue weighted by atomic mass is 10.2. The fraction of sp³-hybridized carbons (Fsp3) is 0.118. The second-order valence-electron chi connectivity index (χ2n) is 4.71. The molecule has 3 aromatic heterocycles. The van der Waals surface area contributed by atoms with Crippen molar-refractivity contribution >= 4 is 45.9 Å². The minimum absolute atomic E-state index is 0.0733. The molecule has 0 saturated carbocycles. The zero-order valence-electron chi connectivity index (χ0n) is 11.8. The van der Waals surface area contributed by atoms with E-state index in [2.05, 4.69) is 32.0 Å². The summed E-state index contributed by atoms with van der Waals surface area (Å²) in [7, 11) is 0. The van der Waals surface area contributed by atoms with E-state index in [0.29, 0.717) is 0 Å². The first-order valence-electron chi connectivity index (χ1n) is 6.56. The number of aryl methyl sites for hydroxylation is 2. The summed E-state index contributed by atoms with van der Waals surface area (Å²) in [5.41, 5.74) is 1.13. The summed E-state index contributed by atoms with van der Waals surface area (Å²) >= 11 is 5.07. The van der Waals surface area contributed by atoms with E-state index in [0.717, 1.165) is 10.4 Å². The monoisotopic (exact) mass is 330 g/mol. The fourth-order valence-corrected chi connectivity index (χ4v) is 4.62. The standard InChI is InChI=1S/C17H14OS3/c1-11-5-8-16(20-11)17-10-13(12(2)21-17)6-7-14(18)15-4-3-9-19-15/h3-10H,1-2H3/b7-6+. The lowest BCUT2D eigenvalue weighted by Gasteiger charge is -1.90. The molecule has 4 heteroatoms. The largest absolute Gasteiger partial charge is 0.288 e. The highest BCUT2D eigenvalue weighted by molar-refractivity contribution is 7.22. The zero-order chi connectivity index (χ0) is 14.8. The Morgan fingerprint density at radius 1 is 1.10 bits per heavy atom. The van der Waals surface area contributed by atoms with Crippen LogP contribution in [0.5, 0.6) is 0 Å². The van der Waals surface area contributed by atoms with Crippen LogP contribution in [-0.2, 0) is 0 Å². The van der Waals surface area contributed by atoms with Gasteiger partial charge in [-0.3, -0.25) is 4.79 Å². The molecule has 0 atom stereocenters. The van der Waals surface area contributed by atoms with Crippen molar-refractivity contribution in [1.29, 1.82) is 0 Å². The van der Waals surface area contributed by atoms with Crippen LogP contribution in [0.2, 0.25) is 0 Å². The Labute approximate surface area is 136 Å². The Morgan fingerprint density at radius 3 is 2.62 bits per heavy atom. The third kappa shape index (κ3) is 3.23. The SMILES string of the molecule is Cc1ccc(-c2cc(/C=C/C(=O)c3cccs3)c(C)s2)s1. The van der Waals surface area contributed by atoms with Gasteiger partial charge in [-0.1, -0.05) is 6.07 Å². The number of carbonyl (C=O) groups is 1. The van der Waals surface area contributed by atoms with Crippen LogP contribution in [0.15, 0.2) is 41.8 Å². The highest BCUT2D eigenvalue weighted by atomic mass is 32.1. The van der Waals surface area contributed by atoms with Crippen LogP contribution < -0.4 is 0 Å². The molecule has 0 aliphatic carbocycles. The van der Waals surface area contributed by atoms with Gasteiger partial charge in [0.25, 0.3) is 0 Å². The lowest BCUT2D eigenvalue weighted by Crippen LogP contribution is -1.88. The average molecular weight is 330 g/mol. The Bertz CT molecular complexity index is 788. The number of thiophene rings is 3. The van der Waals surface area contributed by atoms with E-state index < -0.39 is 0 Å². The Balaban J connectivity index is 1.83. The third-order valence-electron chi connectivity index (χ3n) is 3.12. The van der Waals surface area contributed by atoms with E-state index >= 15 is 0 Å². The second-order valence-corrected chi connectivity index (χ2v) is 8.20. The normalized spacial score (nSPS) is 11.3. The maximum absolute atomic E-state index is 12.0. The number of hydrogen-bond donors (Lipinski definition) is 0. The molecule has 0 amide bonds. The average Bonchev–Trinajstić information content (AvgIpc) is 3.17. The molecule has 21 heavy (non-hydrogen) atoms. The molecule has 0 fully saturated rings. The van der Waals surface area contributed by atoms with Gasteiger partial charge in [-0.05, 0) is 61.2 Å². The summed E-state index contributed by atoms with van der Waals surface area (Å²) in [5, 5.41) is 1.92. The van der Waals surface area contributed by atoms with E-state index in [1.54, 1.807) is 28.7 Å². The van der Waals surface area contributed by atoms with Crippen LogP contribution in [0.3, 0.4) is 0 Å². The summed E-state index contributed by atoms with van der Waals surface area (Å²) in [4.78, 5) is 17.9. The van der Waals surface area contributed by atoms with Crippen molar-refractivity contribution in [3.63, 3.8) is 0 Å². The van der Waals surface area contributed by atoms with Crippen molar-refractivity contribution < 1.29 is 4.79 Å². The van der Waals surface area contributed by atoms with Crippen molar-refractivity contribution in [2.24, 2.45) is 0 Å². The summed E-state index contributed by atoms with van der Waals surface area (Å²) in [6.07, 6.45) is 3.60. The van der Waals surface area contributed by atoms with Crippen LogP contribution >= 0.6 is 34.0 Å². The Hall–Kier alpha value is -1.49. The molecule has 106 valence electrons. The molecule has 0 bridgehead atoms. The lowest BCUT2D eigenvalue weighted by molar-refractivity contribution is 0.105. The van der Waals surface area contributed by atoms with Crippen molar-refractivity contribution in [3.05, 3.63) is 62.0 Å². The molecule has 0 aliphatic rings. The molecule has 3 aromatic rings. The Kier molecular flexibility index (Phi) is 4.19. The van der Waals surface area contributed by atoms with Gasteiger partial charge in [-0.15, -0.1) is 34.0 Å². The maximum Gasteiger partial charge on any atom is 0.195 e. The summed E-state index contributed by atoms with van der Waals surface area (Å²) in [6.45, 7) is 4.22. The molecule has 0 aromatic carbocycles. The minimum atomic E-state index is 0.0733. The number of ketones is 1. The zero-order valence-corrected chi connectivity index (χ0v) is 14.2. The van der Waals surface area contributed by atoms with E-state index in [1.807, 2.05) is 23.6 Å². The number of carbonyl (C=O) groups excluding carboxylic acids is 1. The maximum atomic E-state index is 12.0. The van der Waals surface area contributed by atoms with Crippen LogP contribution in [-0.4, -0.2) is 5.78 Å². The molecular formula is C17H14OS3. The van der Waals surface area contributed by atoms with Crippen LogP contribution in [0, 0.1) is 13.8 Å². The summed E-state index contributed by atoms with van der Waals surface area (Å²) < 4.78 is 0. The molecule has 3 rings (SSSR count). The second kappa shape index (κ2) is 6.10. The van der Waals surface area contributed by atoms with E-state index in [4.69, 9.17) is 0 Å². The number of hydrogen-bond acceptors (Lipinski definition) is 4. The molecule has 1 nitrogen and oxygen atoms in total. The van der Waals surface area contributed by atoms with E-state index in [9.17, 15) is 4.79 Å². The predicted octanol–water partition coefficient (Wildman–Crippen LogP) is 6.05. The number of rotatable bonds is 4. The first kappa shape index (κ1) is 14.4. The molecule has 3 heterocycles. The van der Waals surface area contributed by atoms with E-state index in [-0.39, 0.29) is 5.78 Å². The Morgan fingerprint density at radius 2 is 1.95 bits per heavy atom. The van der Waals surface area contributed by atoms with E-state index in [1.165, 1.54) is 30.8 Å². The van der Waals surface area contributed by atoms with Crippen LogP contribution in [0.4, 0.5) is 0 Å². The third-order valence-corrected chi connectivity index (χ3v) is 6.26. The van der Waals surface area contributed by atoms with Crippen molar-refractivity contribution in [2.45, 2.75) is 13.8 Å². The molecule has 0 N–H and O–H groups in total. The first-order valence-corrected chi connectivity index (χ1v) is 9.08. The van der Waals surface area contributed by atoms with Gasteiger partial charge in [0.2, 0.25) is 0 Å². The van der Waals surface area contributed by atoms with Gasteiger partial charge in [0.05, 0.1) is 4.88 Å². The summed E-state index contributed by atoms with van der Waals surface area (Å²) in [6, 6.07) is 10.2.